The van der Waals surface area contributed by atoms with Crippen molar-refractivity contribution in [1.82, 2.24) is 14.5 Å². The Morgan fingerprint density at radius 1 is 1.25 bits per heavy atom. The normalized spacial score (nSPS) is 14.4. The first-order valence-electron chi connectivity index (χ1n) is 11.6. The molecule has 1 aromatic carbocycles. The Kier molecular flexibility index (Phi) is 8.71. The molecule has 1 aliphatic heterocycles. The molecule has 1 aliphatic rings. The Balaban J connectivity index is 1.50. The number of halogens is 3. The molecule has 0 saturated carbocycles. The molecule has 4 rings (SSSR count). The zero-order valence-corrected chi connectivity index (χ0v) is 23.8. The number of carbonyl (C=O) groups is 1. The molecule has 1 fully saturated rings. The van der Waals surface area contributed by atoms with Crippen LogP contribution >= 0.6 is 27.7 Å². The zero-order valence-electron chi connectivity index (χ0n) is 20.4. The smallest absolute Gasteiger partial charge is 0.322 e. The summed E-state index contributed by atoms with van der Waals surface area (Å²) in [7, 11) is -1.19. The molecule has 7 nitrogen and oxygen atoms in total. The van der Waals surface area contributed by atoms with Crippen molar-refractivity contribution < 1.29 is 23.0 Å². The molecular formula is C24H29BrF2N4O3SSi. The quantitative estimate of drug-likeness (QED) is 0.240. The van der Waals surface area contributed by atoms with Gasteiger partial charge in [-0.1, -0.05) is 31.4 Å². The van der Waals surface area contributed by atoms with E-state index in [4.69, 9.17) is 9.47 Å². The number of pyridine rings is 1. The molecular weight excluding hydrogens is 570 g/mol. The van der Waals surface area contributed by atoms with Crippen molar-refractivity contribution >= 4 is 58.5 Å². The van der Waals surface area contributed by atoms with Crippen LogP contribution in [0.5, 0.6) is 0 Å². The van der Waals surface area contributed by atoms with Crippen LogP contribution in [-0.4, -0.2) is 61.5 Å². The number of morpholine rings is 1. The number of ether oxygens (including phenoxy) is 2. The highest BCUT2D eigenvalue weighted by molar-refractivity contribution is 9.10. The zero-order chi connectivity index (χ0) is 25.9. The van der Waals surface area contributed by atoms with Gasteiger partial charge in [-0.15, -0.1) is 0 Å². The number of aromatic nitrogens is 2. The van der Waals surface area contributed by atoms with Gasteiger partial charge in [0.05, 0.1) is 18.1 Å². The molecule has 0 atom stereocenters. The van der Waals surface area contributed by atoms with Crippen LogP contribution in [0.1, 0.15) is 0 Å². The Morgan fingerprint density at radius 2 is 1.94 bits per heavy atom. The van der Waals surface area contributed by atoms with Crippen molar-refractivity contribution in [1.29, 1.82) is 0 Å². The van der Waals surface area contributed by atoms with Crippen molar-refractivity contribution in [2.24, 2.45) is 0 Å². The summed E-state index contributed by atoms with van der Waals surface area (Å²) < 4.78 is 43.7. The van der Waals surface area contributed by atoms with E-state index in [0.717, 1.165) is 39.8 Å². The number of hydrogen-bond donors (Lipinski definition) is 1. The first-order chi connectivity index (χ1) is 17.1. The minimum absolute atomic E-state index is 0.0634. The van der Waals surface area contributed by atoms with Crippen molar-refractivity contribution in [2.45, 2.75) is 42.2 Å². The second-order valence-corrected chi connectivity index (χ2v) is 17.2. The van der Waals surface area contributed by atoms with E-state index < -0.39 is 25.7 Å². The maximum absolute atomic E-state index is 15.0. The van der Waals surface area contributed by atoms with E-state index in [1.165, 1.54) is 0 Å². The lowest BCUT2D eigenvalue weighted by Crippen LogP contribution is -2.43. The standard InChI is InChI=1S/C24H29BrF2N4O3SSi/c1-36(2,3)11-10-34-15-31-14-17(25)21-20(4-5-28-23(21)31)35-22-18(26)12-16(13-19(22)27)29-24(32)30-6-8-33-9-7-30/h4-5,12-14H,6-11,15H2,1-3H3,(H,29,32). The van der Waals surface area contributed by atoms with Gasteiger partial charge >= 0.3 is 6.03 Å². The second kappa shape index (κ2) is 11.6. The Bertz CT molecular complexity index is 1230. The van der Waals surface area contributed by atoms with E-state index in [9.17, 15) is 4.79 Å². The molecule has 1 N–H and O–H groups in total. The van der Waals surface area contributed by atoms with Gasteiger partial charge in [0.1, 0.15) is 24.0 Å². The number of anilines is 1. The molecule has 0 radical (unpaired) electrons. The van der Waals surface area contributed by atoms with Gasteiger partial charge in [-0.2, -0.15) is 0 Å². The van der Waals surface area contributed by atoms with Crippen LogP contribution in [0, 0.1) is 11.6 Å². The number of nitrogens with one attached hydrogen (secondary N) is 1. The fourth-order valence-electron chi connectivity index (χ4n) is 3.67. The van der Waals surface area contributed by atoms with E-state index in [1.54, 1.807) is 17.2 Å². The summed E-state index contributed by atoms with van der Waals surface area (Å²) in [4.78, 5) is 18.9. The summed E-state index contributed by atoms with van der Waals surface area (Å²) in [6, 6.07) is 4.64. The number of benzene rings is 1. The Hall–Kier alpha value is -1.99. The number of fused-ring (bicyclic) bond motifs is 1. The van der Waals surface area contributed by atoms with E-state index in [2.05, 4.69) is 45.9 Å². The van der Waals surface area contributed by atoms with Gasteiger partial charge < -0.3 is 24.3 Å². The average molecular weight is 600 g/mol. The molecule has 2 aromatic heterocycles. The predicted octanol–water partition coefficient (Wildman–Crippen LogP) is 6.40. The first-order valence-corrected chi connectivity index (χ1v) is 17.0. The van der Waals surface area contributed by atoms with Crippen molar-refractivity contribution in [3.05, 3.63) is 46.7 Å². The van der Waals surface area contributed by atoms with E-state index >= 15 is 8.78 Å². The topological polar surface area (TPSA) is 68.6 Å². The molecule has 0 bridgehead atoms. The van der Waals surface area contributed by atoms with Crippen LogP contribution in [0.2, 0.25) is 25.7 Å². The molecule has 3 heterocycles. The van der Waals surface area contributed by atoms with E-state index in [0.29, 0.717) is 50.2 Å². The maximum atomic E-state index is 15.0. The van der Waals surface area contributed by atoms with Gasteiger partial charge in [-0.3, -0.25) is 0 Å². The van der Waals surface area contributed by atoms with Crippen LogP contribution in [0.25, 0.3) is 11.0 Å². The van der Waals surface area contributed by atoms with Crippen molar-refractivity contribution in [2.75, 3.05) is 38.2 Å². The third kappa shape index (κ3) is 6.65. The van der Waals surface area contributed by atoms with Gasteiger partial charge in [0.2, 0.25) is 0 Å². The third-order valence-corrected chi connectivity index (χ3v) is 9.12. The van der Waals surface area contributed by atoms with Crippen LogP contribution in [0.3, 0.4) is 0 Å². The van der Waals surface area contributed by atoms with Gasteiger partial charge in [0, 0.05) is 60.6 Å². The summed E-state index contributed by atoms with van der Waals surface area (Å²) in [6.07, 6.45) is 3.48. The minimum atomic E-state index is -1.19. The summed E-state index contributed by atoms with van der Waals surface area (Å²) in [5.41, 5.74) is 0.726. The molecule has 0 spiro atoms. The largest absolute Gasteiger partial charge is 0.378 e. The summed E-state index contributed by atoms with van der Waals surface area (Å²) >= 11 is 4.54. The molecule has 194 valence electrons. The van der Waals surface area contributed by atoms with Gasteiger partial charge in [0.15, 0.2) is 0 Å². The molecule has 36 heavy (non-hydrogen) atoms. The SMILES string of the molecule is C[Si](C)(C)CCOCn1cc(Br)c2c(Sc3c(F)cc(NC(=O)N4CCOCC4)cc3F)ccnc21. The van der Waals surface area contributed by atoms with Crippen LogP contribution in [0.4, 0.5) is 19.3 Å². The van der Waals surface area contributed by atoms with Gasteiger partial charge in [-0.25, -0.2) is 18.6 Å². The highest BCUT2D eigenvalue weighted by Gasteiger charge is 2.21. The fourth-order valence-corrected chi connectivity index (χ4v) is 6.16. The Morgan fingerprint density at radius 3 is 2.61 bits per heavy atom. The summed E-state index contributed by atoms with van der Waals surface area (Å²) in [5.74, 6) is -1.51. The third-order valence-electron chi connectivity index (χ3n) is 5.66. The predicted molar refractivity (Wildman–Crippen MR) is 143 cm³/mol. The second-order valence-electron chi connectivity index (χ2n) is 9.70. The maximum Gasteiger partial charge on any atom is 0.322 e. The minimum Gasteiger partial charge on any atom is -0.378 e. The van der Waals surface area contributed by atoms with Gasteiger partial charge in [0.25, 0.3) is 0 Å². The van der Waals surface area contributed by atoms with Crippen molar-refractivity contribution in [3.8, 4) is 0 Å². The van der Waals surface area contributed by atoms with Gasteiger partial charge in [-0.05, 0) is 40.2 Å². The van der Waals surface area contributed by atoms with Crippen molar-refractivity contribution in [3.63, 3.8) is 0 Å². The monoisotopic (exact) mass is 598 g/mol. The Labute approximate surface area is 222 Å². The first kappa shape index (κ1) is 27.1. The van der Waals surface area contributed by atoms with Crippen LogP contribution in [-0.2, 0) is 16.2 Å². The molecule has 3 aromatic rings. The van der Waals surface area contributed by atoms with Crippen LogP contribution < -0.4 is 5.32 Å². The van der Waals surface area contributed by atoms with E-state index in [-0.39, 0.29) is 10.6 Å². The van der Waals surface area contributed by atoms with Crippen LogP contribution in [0.15, 0.2) is 44.9 Å². The number of nitrogens with zero attached hydrogens (tertiary/aromatic N) is 3. The number of rotatable bonds is 8. The molecule has 12 heteroatoms. The molecule has 0 aliphatic carbocycles. The molecule has 1 saturated heterocycles. The average Bonchev–Trinajstić information content (AvgIpc) is 3.15. The summed E-state index contributed by atoms with van der Waals surface area (Å²) in [5, 5.41) is 3.32. The highest BCUT2D eigenvalue weighted by atomic mass is 79.9. The fraction of sp³-hybridized carbons (Fsp3) is 0.417. The van der Waals surface area contributed by atoms with E-state index in [1.807, 2.05) is 10.8 Å². The lowest BCUT2D eigenvalue weighted by molar-refractivity contribution is 0.0564. The number of carbonyl (C=O) groups excluding carboxylic acids is 1. The summed E-state index contributed by atoms with van der Waals surface area (Å²) in [6.45, 7) is 9.65. The molecule has 0 unspecified atom stereocenters. The lowest BCUT2D eigenvalue weighted by Gasteiger charge is -2.27. The lowest BCUT2D eigenvalue weighted by atomic mass is 10.3. The number of amides is 2. The molecule has 2 amide bonds. The number of hydrogen-bond acceptors (Lipinski definition) is 5. The number of urea groups is 1. The highest BCUT2D eigenvalue weighted by Crippen LogP contribution is 2.40.